The number of hydrogen-bond acceptors (Lipinski definition) is 1. The SMILES string of the molecule is CCCCC(OC)C(C)(C)[SiH3]. The minimum Gasteiger partial charge on any atom is -0.381 e. The molecule has 0 fully saturated rings. The summed E-state index contributed by atoms with van der Waals surface area (Å²) in [6, 6.07) is 0. The first kappa shape index (κ1) is 11.2. The van der Waals surface area contributed by atoms with Crippen molar-refractivity contribution in [2.24, 2.45) is 0 Å². The van der Waals surface area contributed by atoms with Crippen molar-refractivity contribution < 1.29 is 4.74 Å². The Bertz CT molecular complexity index is 96.2. The number of hydrogen-bond donors (Lipinski definition) is 0. The van der Waals surface area contributed by atoms with E-state index in [1.165, 1.54) is 29.5 Å². The Morgan fingerprint density at radius 3 is 2.27 bits per heavy atom. The van der Waals surface area contributed by atoms with Crippen molar-refractivity contribution in [2.75, 3.05) is 7.11 Å². The topological polar surface area (TPSA) is 9.23 Å². The third-order valence-corrected chi connectivity index (χ3v) is 2.71. The van der Waals surface area contributed by atoms with Crippen LogP contribution in [0.15, 0.2) is 0 Å². The molecule has 0 aliphatic heterocycles. The molecule has 0 aliphatic rings. The van der Waals surface area contributed by atoms with Gasteiger partial charge in [-0.15, -0.1) is 0 Å². The summed E-state index contributed by atoms with van der Waals surface area (Å²) in [7, 11) is 3.05. The van der Waals surface area contributed by atoms with Gasteiger partial charge in [-0.25, -0.2) is 0 Å². The van der Waals surface area contributed by atoms with Gasteiger partial charge in [-0.1, -0.05) is 33.6 Å². The van der Waals surface area contributed by atoms with E-state index in [-0.39, 0.29) is 0 Å². The highest BCUT2D eigenvalue weighted by molar-refractivity contribution is 6.15. The summed E-state index contributed by atoms with van der Waals surface area (Å²) in [6.07, 6.45) is 4.28. The molecule has 0 amide bonds. The molecule has 0 radical (unpaired) electrons. The van der Waals surface area contributed by atoms with Gasteiger partial charge in [0, 0.05) is 17.4 Å². The van der Waals surface area contributed by atoms with E-state index in [0.717, 1.165) is 0 Å². The lowest BCUT2D eigenvalue weighted by molar-refractivity contribution is 0.0637. The van der Waals surface area contributed by atoms with Gasteiger partial charge in [0.05, 0.1) is 6.10 Å². The lowest BCUT2D eigenvalue weighted by atomic mass is 10.0. The summed E-state index contributed by atoms with van der Waals surface area (Å²) < 4.78 is 5.45. The molecule has 1 nitrogen and oxygen atoms in total. The molecule has 0 rings (SSSR count). The Hall–Kier alpha value is 0.177. The molecule has 0 spiro atoms. The van der Waals surface area contributed by atoms with E-state index in [2.05, 4.69) is 20.8 Å². The average molecular weight is 174 g/mol. The maximum atomic E-state index is 5.45. The summed E-state index contributed by atoms with van der Waals surface area (Å²) in [5, 5.41) is 0.434. The van der Waals surface area contributed by atoms with E-state index < -0.39 is 0 Å². The van der Waals surface area contributed by atoms with Crippen molar-refractivity contribution in [1.82, 2.24) is 0 Å². The molecule has 0 saturated heterocycles. The molecule has 0 heterocycles. The van der Waals surface area contributed by atoms with E-state index in [1.807, 2.05) is 7.11 Å². The zero-order chi connectivity index (χ0) is 8.91. The van der Waals surface area contributed by atoms with Gasteiger partial charge in [-0.3, -0.25) is 0 Å². The van der Waals surface area contributed by atoms with Gasteiger partial charge in [0.2, 0.25) is 0 Å². The predicted molar refractivity (Wildman–Crippen MR) is 54.3 cm³/mol. The number of ether oxygens (including phenoxy) is 1. The predicted octanol–water partition coefficient (Wildman–Crippen LogP) is 1.76. The van der Waals surface area contributed by atoms with Crippen LogP contribution >= 0.6 is 0 Å². The number of methoxy groups -OCH3 is 1. The maximum absolute atomic E-state index is 5.45. The summed E-state index contributed by atoms with van der Waals surface area (Å²) in [4.78, 5) is 0. The smallest absolute Gasteiger partial charge is 0.0589 e. The van der Waals surface area contributed by atoms with Crippen molar-refractivity contribution in [3.63, 3.8) is 0 Å². The Morgan fingerprint density at radius 1 is 1.45 bits per heavy atom. The second-order valence-corrected chi connectivity index (χ2v) is 6.81. The van der Waals surface area contributed by atoms with Crippen LogP contribution in [0, 0.1) is 0 Å². The van der Waals surface area contributed by atoms with Gasteiger partial charge in [0.1, 0.15) is 0 Å². The third kappa shape index (κ3) is 4.59. The second-order valence-electron chi connectivity index (χ2n) is 4.23. The summed E-state index contributed by atoms with van der Waals surface area (Å²) >= 11 is 0. The van der Waals surface area contributed by atoms with E-state index in [4.69, 9.17) is 4.74 Å². The first-order chi connectivity index (χ1) is 5.02. The highest BCUT2D eigenvalue weighted by Crippen LogP contribution is 2.29. The summed E-state index contributed by atoms with van der Waals surface area (Å²) in [5.74, 6) is 0. The molecule has 0 bridgehead atoms. The fourth-order valence-electron chi connectivity index (χ4n) is 1.29. The number of unbranched alkanes of at least 4 members (excludes halogenated alkanes) is 1. The molecule has 0 saturated carbocycles. The summed E-state index contributed by atoms with van der Waals surface area (Å²) in [6.45, 7) is 6.82. The number of rotatable bonds is 5. The Kier molecular flexibility index (Phi) is 5.02. The van der Waals surface area contributed by atoms with Crippen LogP contribution in [0.1, 0.15) is 40.0 Å². The van der Waals surface area contributed by atoms with Crippen molar-refractivity contribution in [1.29, 1.82) is 0 Å². The van der Waals surface area contributed by atoms with Crippen LogP contribution in [0.2, 0.25) is 5.04 Å². The van der Waals surface area contributed by atoms with Crippen LogP contribution in [0.5, 0.6) is 0 Å². The van der Waals surface area contributed by atoms with Crippen LogP contribution < -0.4 is 0 Å². The van der Waals surface area contributed by atoms with Crippen LogP contribution in [0.25, 0.3) is 0 Å². The molecule has 1 atom stereocenters. The molecule has 1 unspecified atom stereocenters. The fourth-order valence-corrected chi connectivity index (χ4v) is 1.82. The first-order valence-electron chi connectivity index (χ1n) is 4.55. The van der Waals surface area contributed by atoms with Crippen molar-refractivity contribution >= 4 is 10.2 Å². The Labute approximate surface area is 73.9 Å². The lowest BCUT2D eigenvalue weighted by Crippen LogP contribution is -2.25. The Morgan fingerprint density at radius 2 is 2.00 bits per heavy atom. The highest BCUT2D eigenvalue weighted by Gasteiger charge is 2.22. The molecule has 0 aromatic carbocycles. The lowest BCUT2D eigenvalue weighted by Gasteiger charge is -2.29. The molecule has 68 valence electrons. The van der Waals surface area contributed by atoms with Gasteiger partial charge >= 0.3 is 0 Å². The zero-order valence-corrected chi connectivity index (χ0v) is 10.6. The molecule has 0 aromatic rings. The van der Waals surface area contributed by atoms with Gasteiger partial charge in [-0.2, -0.15) is 0 Å². The van der Waals surface area contributed by atoms with Crippen LogP contribution in [-0.2, 0) is 4.74 Å². The first-order valence-corrected chi connectivity index (χ1v) is 5.55. The molecule has 0 N–H and O–H groups in total. The quantitative estimate of drug-likeness (QED) is 0.577. The molecule has 2 heteroatoms. The van der Waals surface area contributed by atoms with E-state index in [1.54, 1.807) is 0 Å². The van der Waals surface area contributed by atoms with E-state index in [0.29, 0.717) is 11.1 Å². The fraction of sp³-hybridized carbons (Fsp3) is 1.00. The molecule has 11 heavy (non-hydrogen) atoms. The summed E-state index contributed by atoms with van der Waals surface area (Å²) in [5.41, 5.74) is 0. The standard InChI is InChI=1S/C9H22OSi/c1-5-6-7-8(10-4)9(2,3)11/h8H,5-7H2,1-4,11H3. The monoisotopic (exact) mass is 174 g/mol. The zero-order valence-electron chi connectivity index (χ0n) is 8.61. The van der Waals surface area contributed by atoms with Gasteiger partial charge in [0.25, 0.3) is 0 Å². The normalized spacial score (nSPS) is 15.3. The van der Waals surface area contributed by atoms with Crippen LogP contribution in [0.4, 0.5) is 0 Å². The van der Waals surface area contributed by atoms with E-state index >= 15 is 0 Å². The average Bonchev–Trinajstić information content (AvgIpc) is 1.87. The van der Waals surface area contributed by atoms with Crippen LogP contribution in [0.3, 0.4) is 0 Å². The molecule has 0 aliphatic carbocycles. The van der Waals surface area contributed by atoms with Crippen molar-refractivity contribution in [2.45, 2.75) is 51.2 Å². The highest BCUT2D eigenvalue weighted by atomic mass is 28.1. The largest absolute Gasteiger partial charge is 0.381 e. The Balaban J connectivity index is 3.76. The molecular formula is C9H22OSi. The second kappa shape index (κ2) is 4.94. The third-order valence-electron chi connectivity index (χ3n) is 2.07. The van der Waals surface area contributed by atoms with Crippen molar-refractivity contribution in [3.05, 3.63) is 0 Å². The minimum absolute atomic E-state index is 0.434. The minimum atomic E-state index is 0.434. The van der Waals surface area contributed by atoms with Gasteiger partial charge in [0.15, 0.2) is 0 Å². The van der Waals surface area contributed by atoms with Crippen LogP contribution in [-0.4, -0.2) is 23.5 Å². The van der Waals surface area contributed by atoms with Gasteiger partial charge < -0.3 is 4.74 Å². The maximum Gasteiger partial charge on any atom is 0.0589 e. The molecular weight excluding hydrogens is 152 g/mol. The van der Waals surface area contributed by atoms with Gasteiger partial charge in [-0.05, 0) is 11.5 Å². The van der Waals surface area contributed by atoms with E-state index in [9.17, 15) is 0 Å². The molecule has 0 aromatic heterocycles. The van der Waals surface area contributed by atoms with Crippen molar-refractivity contribution in [3.8, 4) is 0 Å².